The zero-order chi connectivity index (χ0) is 18.4. The molecule has 0 amide bonds. The van der Waals surface area contributed by atoms with E-state index in [0.717, 1.165) is 42.3 Å². The number of nitrogens with two attached hydrogens (primary N) is 1. The van der Waals surface area contributed by atoms with Crippen molar-refractivity contribution in [3.63, 3.8) is 0 Å². The van der Waals surface area contributed by atoms with E-state index in [1.54, 1.807) is 18.0 Å². The van der Waals surface area contributed by atoms with Gasteiger partial charge in [0, 0.05) is 35.9 Å². The van der Waals surface area contributed by atoms with Crippen molar-refractivity contribution < 1.29 is 4.74 Å². The SMILES string of the molecule is COc1cccc2c1nc(N)n1nc([C@@H]3CCCN(c4ncns4)C3)nc21. The highest BCUT2D eigenvalue weighted by molar-refractivity contribution is 7.09. The van der Waals surface area contributed by atoms with Crippen LogP contribution in [0.1, 0.15) is 24.6 Å². The van der Waals surface area contributed by atoms with Crippen LogP contribution in [0.4, 0.5) is 11.1 Å². The number of ether oxygens (including phenoxy) is 1. The lowest BCUT2D eigenvalue weighted by atomic mass is 9.98. The number of hydrogen-bond donors (Lipinski definition) is 1. The summed E-state index contributed by atoms with van der Waals surface area (Å²) >= 11 is 1.42. The molecule has 2 N–H and O–H groups in total. The third-order valence-electron chi connectivity index (χ3n) is 4.93. The second-order valence-corrected chi connectivity index (χ2v) is 7.30. The van der Waals surface area contributed by atoms with Crippen LogP contribution in [0.2, 0.25) is 0 Å². The standard InChI is InChI=1S/C17H18N8OS/c1-26-12-6-2-5-11-13(12)21-16(18)25-15(11)22-14(23-25)10-4-3-7-24(8-10)17-19-9-20-27-17/h2,5-6,9-10H,3-4,7-8H2,1H3,(H2,18,21)/t10-/m1/s1. The minimum absolute atomic E-state index is 0.211. The monoisotopic (exact) mass is 382 g/mol. The fourth-order valence-electron chi connectivity index (χ4n) is 3.65. The predicted molar refractivity (Wildman–Crippen MR) is 103 cm³/mol. The highest BCUT2D eigenvalue weighted by Crippen LogP contribution is 2.31. The van der Waals surface area contributed by atoms with Crippen LogP contribution in [0, 0.1) is 0 Å². The first-order valence-electron chi connectivity index (χ1n) is 8.75. The minimum atomic E-state index is 0.211. The van der Waals surface area contributed by atoms with Gasteiger partial charge in [0.15, 0.2) is 11.5 Å². The summed E-state index contributed by atoms with van der Waals surface area (Å²) in [6.07, 6.45) is 3.68. The van der Waals surface area contributed by atoms with Gasteiger partial charge in [0.05, 0.1) is 7.11 Å². The molecule has 1 fully saturated rings. The molecule has 4 aromatic rings. The van der Waals surface area contributed by atoms with Crippen molar-refractivity contribution in [1.82, 2.24) is 28.9 Å². The van der Waals surface area contributed by atoms with Crippen LogP contribution in [-0.2, 0) is 0 Å². The van der Waals surface area contributed by atoms with Crippen LogP contribution < -0.4 is 15.4 Å². The number of fused-ring (bicyclic) bond motifs is 3. The molecule has 0 unspecified atom stereocenters. The van der Waals surface area contributed by atoms with Crippen LogP contribution in [0.25, 0.3) is 16.6 Å². The molecule has 4 heterocycles. The summed E-state index contributed by atoms with van der Waals surface area (Å²) in [7, 11) is 1.62. The number of rotatable bonds is 3. The van der Waals surface area contributed by atoms with E-state index < -0.39 is 0 Å². The minimum Gasteiger partial charge on any atom is -0.494 e. The van der Waals surface area contributed by atoms with Gasteiger partial charge in [-0.3, -0.25) is 0 Å². The Morgan fingerprint density at radius 2 is 2.22 bits per heavy atom. The van der Waals surface area contributed by atoms with Gasteiger partial charge in [-0.15, -0.1) is 5.10 Å². The Labute approximate surface area is 159 Å². The average Bonchev–Trinajstić information content (AvgIpc) is 3.38. The fourth-order valence-corrected chi connectivity index (χ4v) is 4.21. The molecule has 0 bridgehead atoms. The predicted octanol–water partition coefficient (Wildman–Crippen LogP) is 2.10. The zero-order valence-corrected chi connectivity index (χ0v) is 15.6. The Balaban J connectivity index is 1.58. The van der Waals surface area contributed by atoms with Gasteiger partial charge in [-0.2, -0.15) is 8.89 Å². The van der Waals surface area contributed by atoms with E-state index in [4.69, 9.17) is 15.5 Å². The van der Waals surface area contributed by atoms with Crippen LogP contribution >= 0.6 is 11.5 Å². The van der Waals surface area contributed by atoms with Crippen molar-refractivity contribution in [2.75, 3.05) is 30.8 Å². The molecule has 1 aliphatic heterocycles. The lowest BCUT2D eigenvalue weighted by Gasteiger charge is -2.30. The molecule has 1 aromatic carbocycles. The number of para-hydroxylation sites is 1. The molecule has 3 aromatic heterocycles. The topological polar surface area (TPSA) is 107 Å². The zero-order valence-electron chi connectivity index (χ0n) is 14.7. The van der Waals surface area contributed by atoms with Gasteiger partial charge in [-0.25, -0.2) is 15.0 Å². The van der Waals surface area contributed by atoms with Gasteiger partial charge in [-0.1, -0.05) is 6.07 Å². The summed E-state index contributed by atoms with van der Waals surface area (Å²) < 4.78 is 11.2. The molecule has 0 spiro atoms. The highest BCUT2D eigenvalue weighted by Gasteiger charge is 2.27. The van der Waals surface area contributed by atoms with E-state index in [0.29, 0.717) is 22.9 Å². The maximum atomic E-state index is 6.16. The molecular formula is C17H18N8OS. The highest BCUT2D eigenvalue weighted by atomic mass is 32.1. The Hall–Kier alpha value is -3.01. The normalized spacial score (nSPS) is 17.7. The third-order valence-corrected chi connectivity index (χ3v) is 5.66. The first kappa shape index (κ1) is 16.2. The van der Waals surface area contributed by atoms with Crippen molar-refractivity contribution in [3.8, 4) is 5.75 Å². The van der Waals surface area contributed by atoms with Crippen LogP contribution in [-0.4, -0.2) is 49.1 Å². The molecule has 0 radical (unpaired) electrons. The molecule has 1 aliphatic rings. The van der Waals surface area contributed by atoms with E-state index in [2.05, 4.69) is 24.3 Å². The van der Waals surface area contributed by atoms with E-state index in [-0.39, 0.29) is 5.92 Å². The number of anilines is 2. The number of benzene rings is 1. The van der Waals surface area contributed by atoms with Crippen LogP contribution in [0.5, 0.6) is 5.75 Å². The number of hydrogen-bond acceptors (Lipinski definition) is 9. The third kappa shape index (κ3) is 2.64. The molecule has 138 valence electrons. The average molecular weight is 382 g/mol. The molecule has 0 aliphatic carbocycles. The first-order valence-corrected chi connectivity index (χ1v) is 9.52. The molecule has 1 atom stereocenters. The summed E-state index contributed by atoms with van der Waals surface area (Å²) in [6, 6.07) is 5.75. The van der Waals surface area contributed by atoms with Crippen molar-refractivity contribution in [2.45, 2.75) is 18.8 Å². The number of methoxy groups -OCH3 is 1. The lowest BCUT2D eigenvalue weighted by molar-refractivity contribution is 0.419. The number of nitrogen functional groups attached to an aromatic ring is 1. The maximum absolute atomic E-state index is 6.16. The molecule has 9 nitrogen and oxygen atoms in total. The smallest absolute Gasteiger partial charge is 0.223 e. The summed E-state index contributed by atoms with van der Waals surface area (Å²) in [5.41, 5.74) is 7.57. The largest absolute Gasteiger partial charge is 0.494 e. The molecule has 27 heavy (non-hydrogen) atoms. The van der Waals surface area contributed by atoms with E-state index in [1.807, 2.05) is 18.2 Å². The summed E-state index contributed by atoms with van der Waals surface area (Å²) in [4.78, 5) is 15.9. The Morgan fingerprint density at radius 3 is 3.04 bits per heavy atom. The van der Waals surface area contributed by atoms with Crippen molar-refractivity contribution >= 4 is 39.2 Å². The summed E-state index contributed by atoms with van der Waals surface area (Å²) in [5, 5.41) is 6.49. The van der Waals surface area contributed by atoms with Gasteiger partial charge >= 0.3 is 0 Å². The van der Waals surface area contributed by atoms with Crippen molar-refractivity contribution in [3.05, 3.63) is 30.4 Å². The maximum Gasteiger partial charge on any atom is 0.223 e. The molecule has 1 saturated heterocycles. The van der Waals surface area contributed by atoms with Gasteiger partial charge < -0.3 is 15.4 Å². The van der Waals surface area contributed by atoms with E-state index >= 15 is 0 Å². The Morgan fingerprint density at radius 1 is 1.30 bits per heavy atom. The molecule has 10 heteroatoms. The van der Waals surface area contributed by atoms with Gasteiger partial charge in [0.25, 0.3) is 0 Å². The lowest BCUT2D eigenvalue weighted by Crippen LogP contribution is -2.34. The fraction of sp³-hybridized carbons (Fsp3) is 0.353. The van der Waals surface area contributed by atoms with Crippen molar-refractivity contribution in [2.24, 2.45) is 0 Å². The molecular weight excluding hydrogens is 364 g/mol. The summed E-state index contributed by atoms with van der Waals surface area (Å²) in [6.45, 7) is 1.80. The van der Waals surface area contributed by atoms with Gasteiger partial charge in [-0.05, 0) is 25.0 Å². The number of piperidine rings is 1. The Bertz CT molecular complexity index is 1110. The quantitative estimate of drug-likeness (QED) is 0.574. The number of aromatic nitrogens is 6. The number of nitrogens with zero attached hydrogens (tertiary/aromatic N) is 7. The summed E-state index contributed by atoms with van der Waals surface area (Å²) in [5.74, 6) is 1.97. The van der Waals surface area contributed by atoms with E-state index in [1.165, 1.54) is 11.5 Å². The van der Waals surface area contributed by atoms with Crippen LogP contribution in [0.15, 0.2) is 24.5 Å². The molecule has 5 rings (SSSR count). The molecule has 0 saturated carbocycles. The van der Waals surface area contributed by atoms with Crippen molar-refractivity contribution in [1.29, 1.82) is 0 Å². The van der Waals surface area contributed by atoms with Gasteiger partial charge in [0.1, 0.15) is 17.6 Å². The second kappa shape index (κ2) is 6.31. The first-order chi connectivity index (χ1) is 13.2. The van der Waals surface area contributed by atoms with Crippen LogP contribution in [0.3, 0.4) is 0 Å². The van der Waals surface area contributed by atoms with E-state index in [9.17, 15) is 0 Å². The Kier molecular flexibility index (Phi) is 3.78. The van der Waals surface area contributed by atoms with Gasteiger partial charge in [0.2, 0.25) is 11.1 Å². The second-order valence-electron chi connectivity index (χ2n) is 6.54.